The Labute approximate surface area is 88.1 Å². The van der Waals surface area contributed by atoms with Crippen LogP contribution in [-0.4, -0.2) is 23.6 Å². The molecule has 0 heterocycles. The number of rotatable bonds is 7. The maximum absolute atomic E-state index is 3.53. The molecule has 0 spiro atoms. The van der Waals surface area contributed by atoms with Gasteiger partial charge in [-0.25, -0.2) is 0 Å². The van der Waals surface area contributed by atoms with Crippen molar-refractivity contribution in [2.45, 2.75) is 52.3 Å². The average Bonchev–Trinajstić information content (AvgIpc) is 2.10. The summed E-state index contributed by atoms with van der Waals surface area (Å²) in [6.45, 7) is 12.5. The van der Waals surface area contributed by atoms with Gasteiger partial charge in [0.05, 0.1) is 0 Å². The third kappa shape index (κ3) is 8.63. The van der Waals surface area contributed by atoms with E-state index < -0.39 is 0 Å². The second-order valence-corrected chi connectivity index (χ2v) is 5.73. The van der Waals surface area contributed by atoms with Crippen molar-refractivity contribution >= 4 is 11.8 Å². The van der Waals surface area contributed by atoms with E-state index in [1.165, 1.54) is 12.2 Å². The lowest BCUT2D eigenvalue weighted by Gasteiger charge is -2.16. The predicted octanol–water partition coefficient (Wildman–Crippen LogP) is 3.15. The van der Waals surface area contributed by atoms with E-state index in [1.807, 2.05) is 0 Å². The Kier molecular flexibility index (Phi) is 7.87. The van der Waals surface area contributed by atoms with Crippen LogP contribution in [0.4, 0.5) is 0 Å². The van der Waals surface area contributed by atoms with Gasteiger partial charge >= 0.3 is 0 Å². The maximum Gasteiger partial charge on any atom is 0.0144 e. The fraction of sp³-hybridized carbons (Fsp3) is 1.00. The van der Waals surface area contributed by atoms with Crippen molar-refractivity contribution in [3.05, 3.63) is 0 Å². The molecule has 0 amide bonds. The van der Waals surface area contributed by atoms with Gasteiger partial charge in [-0.05, 0) is 25.0 Å². The van der Waals surface area contributed by atoms with Crippen molar-refractivity contribution in [2.75, 3.05) is 12.3 Å². The average molecular weight is 203 g/mol. The minimum atomic E-state index is 0.669. The lowest BCUT2D eigenvalue weighted by atomic mass is 10.2. The molecule has 0 rings (SSSR count). The van der Waals surface area contributed by atoms with Gasteiger partial charge in [0, 0.05) is 17.8 Å². The molecule has 1 N–H and O–H groups in total. The largest absolute Gasteiger partial charge is 0.313 e. The summed E-state index contributed by atoms with van der Waals surface area (Å²) in [5, 5.41) is 4.28. The maximum atomic E-state index is 3.53. The molecule has 0 aliphatic carbocycles. The van der Waals surface area contributed by atoms with Gasteiger partial charge < -0.3 is 5.32 Å². The summed E-state index contributed by atoms with van der Waals surface area (Å²) in [7, 11) is 0. The molecule has 0 saturated heterocycles. The minimum Gasteiger partial charge on any atom is -0.313 e. The highest BCUT2D eigenvalue weighted by atomic mass is 32.2. The van der Waals surface area contributed by atoms with E-state index in [0.717, 1.165) is 17.7 Å². The van der Waals surface area contributed by atoms with E-state index in [1.54, 1.807) is 0 Å². The van der Waals surface area contributed by atoms with Crippen LogP contribution < -0.4 is 5.32 Å². The highest BCUT2D eigenvalue weighted by Crippen LogP contribution is 2.13. The Hall–Kier alpha value is 0.310. The smallest absolute Gasteiger partial charge is 0.0144 e. The van der Waals surface area contributed by atoms with Crippen LogP contribution in [0.3, 0.4) is 0 Å². The van der Waals surface area contributed by atoms with Gasteiger partial charge in [0.15, 0.2) is 0 Å². The summed E-state index contributed by atoms with van der Waals surface area (Å²) in [6.07, 6.45) is 1.22. The Morgan fingerprint density at radius 2 is 1.77 bits per heavy atom. The monoisotopic (exact) mass is 203 g/mol. The van der Waals surface area contributed by atoms with Crippen LogP contribution in [0, 0.1) is 5.92 Å². The Bertz CT molecular complexity index is 115. The summed E-state index contributed by atoms with van der Waals surface area (Å²) in [5.41, 5.74) is 0. The van der Waals surface area contributed by atoms with Gasteiger partial charge in [-0.2, -0.15) is 11.8 Å². The highest BCUT2D eigenvalue weighted by molar-refractivity contribution is 7.99. The van der Waals surface area contributed by atoms with Crippen LogP contribution in [0.25, 0.3) is 0 Å². The molecule has 80 valence electrons. The standard InChI is InChI=1S/C11H25NS/c1-6-10(4)12-7-11(5)13-8-9(2)3/h9-12H,6-8H2,1-5H3. The van der Waals surface area contributed by atoms with Gasteiger partial charge in [-0.1, -0.05) is 27.7 Å². The summed E-state index contributed by atoms with van der Waals surface area (Å²) in [5.74, 6) is 2.10. The molecule has 1 nitrogen and oxygen atoms in total. The molecule has 0 bridgehead atoms. The van der Waals surface area contributed by atoms with E-state index in [2.05, 4.69) is 51.7 Å². The lowest BCUT2D eigenvalue weighted by molar-refractivity contribution is 0.536. The number of hydrogen-bond donors (Lipinski definition) is 1. The molecular weight excluding hydrogens is 178 g/mol. The molecule has 2 atom stereocenters. The van der Waals surface area contributed by atoms with Gasteiger partial charge in [0.1, 0.15) is 0 Å². The molecule has 2 heteroatoms. The van der Waals surface area contributed by atoms with Gasteiger partial charge in [-0.15, -0.1) is 0 Å². The Balaban J connectivity index is 3.34. The molecule has 0 aromatic heterocycles. The van der Waals surface area contributed by atoms with E-state index in [-0.39, 0.29) is 0 Å². The van der Waals surface area contributed by atoms with Crippen LogP contribution in [0.1, 0.15) is 41.0 Å². The first kappa shape index (κ1) is 13.3. The summed E-state index contributed by atoms with van der Waals surface area (Å²) < 4.78 is 0. The van der Waals surface area contributed by atoms with Crippen molar-refractivity contribution in [3.8, 4) is 0 Å². The minimum absolute atomic E-state index is 0.669. The highest BCUT2D eigenvalue weighted by Gasteiger charge is 2.05. The Morgan fingerprint density at radius 3 is 2.23 bits per heavy atom. The molecule has 13 heavy (non-hydrogen) atoms. The van der Waals surface area contributed by atoms with Crippen molar-refractivity contribution in [3.63, 3.8) is 0 Å². The summed E-state index contributed by atoms with van der Waals surface area (Å²) in [6, 6.07) is 0.669. The van der Waals surface area contributed by atoms with E-state index >= 15 is 0 Å². The molecule has 0 aromatic rings. The molecule has 0 aromatic carbocycles. The molecular formula is C11H25NS. The molecule has 0 saturated carbocycles. The topological polar surface area (TPSA) is 12.0 Å². The SMILES string of the molecule is CCC(C)NCC(C)SCC(C)C. The number of hydrogen-bond acceptors (Lipinski definition) is 2. The van der Waals surface area contributed by atoms with Crippen LogP contribution in [0.2, 0.25) is 0 Å². The predicted molar refractivity (Wildman–Crippen MR) is 64.5 cm³/mol. The zero-order valence-corrected chi connectivity index (χ0v) is 10.6. The third-order valence-corrected chi connectivity index (χ3v) is 3.68. The van der Waals surface area contributed by atoms with Gasteiger partial charge in [0.25, 0.3) is 0 Å². The van der Waals surface area contributed by atoms with Crippen molar-refractivity contribution in [1.29, 1.82) is 0 Å². The van der Waals surface area contributed by atoms with Crippen molar-refractivity contribution in [1.82, 2.24) is 5.32 Å². The molecule has 0 radical (unpaired) electrons. The summed E-state index contributed by atoms with van der Waals surface area (Å²) in [4.78, 5) is 0. The second kappa shape index (κ2) is 7.69. The third-order valence-electron chi connectivity index (χ3n) is 2.08. The van der Waals surface area contributed by atoms with Crippen molar-refractivity contribution in [2.24, 2.45) is 5.92 Å². The number of nitrogens with one attached hydrogen (secondary N) is 1. The zero-order chi connectivity index (χ0) is 10.3. The fourth-order valence-electron chi connectivity index (χ4n) is 0.927. The summed E-state index contributed by atoms with van der Waals surface area (Å²) >= 11 is 2.07. The van der Waals surface area contributed by atoms with Crippen LogP contribution in [0.5, 0.6) is 0 Å². The van der Waals surface area contributed by atoms with E-state index in [4.69, 9.17) is 0 Å². The van der Waals surface area contributed by atoms with Crippen LogP contribution in [0.15, 0.2) is 0 Å². The van der Waals surface area contributed by atoms with Crippen molar-refractivity contribution < 1.29 is 0 Å². The van der Waals surface area contributed by atoms with Crippen LogP contribution >= 0.6 is 11.8 Å². The van der Waals surface area contributed by atoms with E-state index in [0.29, 0.717) is 6.04 Å². The molecule has 0 fully saturated rings. The normalized spacial score (nSPS) is 16.2. The van der Waals surface area contributed by atoms with Gasteiger partial charge in [0.2, 0.25) is 0 Å². The first-order valence-corrected chi connectivity index (χ1v) is 6.46. The molecule has 0 aliphatic heterocycles. The quantitative estimate of drug-likeness (QED) is 0.682. The first-order chi connectivity index (χ1) is 6.06. The van der Waals surface area contributed by atoms with Gasteiger partial charge in [-0.3, -0.25) is 0 Å². The Morgan fingerprint density at radius 1 is 1.15 bits per heavy atom. The molecule has 2 unspecified atom stereocenters. The second-order valence-electron chi connectivity index (χ2n) is 4.26. The number of thioether (sulfide) groups is 1. The first-order valence-electron chi connectivity index (χ1n) is 5.41. The lowest BCUT2D eigenvalue weighted by Crippen LogP contribution is -2.31. The van der Waals surface area contributed by atoms with Crippen LogP contribution in [-0.2, 0) is 0 Å². The molecule has 0 aliphatic rings. The fourth-order valence-corrected chi connectivity index (χ4v) is 1.85. The zero-order valence-electron chi connectivity index (χ0n) is 9.76. The van der Waals surface area contributed by atoms with E-state index in [9.17, 15) is 0 Å².